The number of anilines is 1. The van der Waals surface area contributed by atoms with Crippen molar-refractivity contribution in [1.29, 1.82) is 10.5 Å². The molecule has 0 saturated heterocycles. The summed E-state index contributed by atoms with van der Waals surface area (Å²) in [5, 5.41) is 24.2. The summed E-state index contributed by atoms with van der Waals surface area (Å²) in [6.07, 6.45) is 4.68. The predicted octanol–water partition coefficient (Wildman–Crippen LogP) is 3.67. The van der Waals surface area contributed by atoms with Crippen LogP contribution in [0.4, 0.5) is 5.95 Å². The summed E-state index contributed by atoms with van der Waals surface area (Å²) in [6, 6.07) is 8.20. The summed E-state index contributed by atoms with van der Waals surface area (Å²) in [7, 11) is 1.49. The Kier molecular flexibility index (Phi) is 4.62. The second kappa shape index (κ2) is 7.29. The minimum Gasteiger partial charge on any atom is -0.438 e. The summed E-state index contributed by atoms with van der Waals surface area (Å²) in [5.74, 6) is 0.786. The van der Waals surface area contributed by atoms with Crippen LogP contribution in [-0.4, -0.2) is 28.5 Å². The molecule has 9 nitrogen and oxygen atoms in total. The number of nitrogens with zero attached hydrogens (tertiary/aromatic N) is 4. The van der Waals surface area contributed by atoms with Gasteiger partial charge in [0.15, 0.2) is 6.23 Å². The third kappa shape index (κ3) is 3.29. The molecule has 2 heterocycles. The fourth-order valence-corrected chi connectivity index (χ4v) is 5.18. The number of aromatic nitrogens is 2. The molecule has 1 atom stereocenters. The zero-order valence-corrected chi connectivity index (χ0v) is 18.5. The van der Waals surface area contributed by atoms with Crippen molar-refractivity contribution in [3.8, 4) is 23.8 Å². The Labute approximate surface area is 191 Å². The Morgan fingerprint density at radius 3 is 2.52 bits per heavy atom. The first-order chi connectivity index (χ1) is 15.8. The number of hydrogen-bond donors (Lipinski definition) is 2. The van der Waals surface area contributed by atoms with Crippen molar-refractivity contribution in [2.24, 2.45) is 5.41 Å². The van der Waals surface area contributed by atoms with E-state index in [9.17, 15) is 10.1 Å². The van der Waals surface area contributed by atoms with Crippen molar-refractivity contribution in [2.75, 3.05) is 12.4 Å². The average Bonchev–Trinajstić information content (AvgIpc) is 3.06. The van der Waals surface area contributed by atoms with Gasteiger partial charge in [-0.15, -0.1) is 0 Å². The summed E-state index contributed by atoms with van der Waals surface area (Å²) in [5.41, 5.74) is 2.84. The number of aryl methyl sites for hydroxylation is 2. The molecule has 166 valence electrons. The number of rotatable bonds is 6. The number of benzene rings is 1. The zero-order chi connectivity index (χ0) is 23.4. The summed E-state index contributed by atoms with van der Waals surface area (Å²) < 4.78 is 11.7. The minimum atomic E-state index is -0.716. The first-order valence-electron chi connectivity index (χ1n) is 10.6. The molecule has 1 amide bonds. The Bertz CT molecular complexity index is 1260. The fourth-order valence-electron chi connectivity index (χ4n) is 5.18. The molecule has 1 aromatic carbocycles. The molecule has 9 heteroatoms. The fraction of sp³-hybridized carbons (Fsp3) is 0.375. The normalized spacial score (nSPS) is 26.5. The maximum absolute atomic E-state index is 12.6. The maximum atomic E-state index is 12.6. The highest BCUT2D eigenvalue weighted by molar-refractivity contribution is 5.98. The highest BCUT2D eigenvalue weighted by Gasteiger charge is 2.69. The van der Waals surface area contributed by atoms with Crippen molar-refractivity contribution < 1.29 is 14.3 Å². The molecule has 0 radical (unpaired) electrons. The van der Waals surface area contributed by atoms with Gasteiger partial charge in [-0.1, -0.05) is 0 Å². The predicted molar refractivity (Wildman–Crippen MR) is 118 cm³/mol. The van der Waals surface area contributed by atoms with Gasteiger partial charge >= 0.3 is 0 Å². The van der Waals surface area contributed by atoms with Crippen LogP contribution in [-0.2, 0) is 4.74 Å². The number of carbonyl (C=O) groups excluding carboxylic acids is 1. The highest BCUT2D eigenvalue weighted by Crippen LogP contribution is 2.67. The topological polar surface area (TPSA) is 133 Å². The largest absolute Gasteiger partial charge is 0.438 e. The molecule has 2 bridgehead atoms. The number of nitrogens with one attached hydrogen (secondary N) is 2. The lowest BCUT2D eigenvalue weighted by atomic mass is 9.40. The lowest BCUT2D eigenvalue weighted by molar-refractivity contribution is -0.0665. The molecule has 3 saturated carbocycles. The second-order valence-corrected chi connectivity index (χ2v) is 9.08. The van der Waals surface area contributed by atoms with Gasteiger partial charge in [0.2, 0.25) is 11.8 Å². The van der Waals surface area contributed by atoms with Crippen LogP contribution in [0.2, 0.25) is 0 Å². The van der Waals surface area contributed by atoms with Crippen LogP contribution in [0.25, 0.3) is 6.08 Å². The van der Waals surface area contributed by atoms with Crippen molar-refractivity contribution in [3.05, 3.63) is 46.2 Å². The number of ether oxygens (including phenoxy) is 2. The van der Waals surface area contributed by atoms with Crippen LogP contribution in [0.1, 0.15) is 58.2 Å². The molecular weight excluding hydrogens is 420 g/mol. The smallest absolute Gasteiger partial charge is 0.272 e. The quantitative estimate of drug-likeness (QED) is 0.648. The molecule has 0 spiro atoms. The van der Waals surface area contributed by atoms with E-state index in [2.05, 4.69) is 26.7 Å². The lowest BCUT2D eigenvalue weighted by Gasteiger charge is -2.66. The van der Waals surface area contributed by atoms with Gasteiger partial charge in [-0.05, 0) is 68.0 Å². The number of nitriles is 2. The number of amides is 1. The molecule has 1 unspecified atom stereocenters. The molecule has 3 fully saturated rings. The van der Waals surface area contributed by atoms with Gasteiger partial charge in [-0.3, -0.25) is 4.79 Å². The molecular formula is C24H22N6O3. The molecule has 1 aromatic heterocycles. The van der Waals surface area contributed by atoms with Gasteiger partial charge < -0.3 is 20.1 Å². The van der Waals surface area contributed by atoms with E-state index in [4.69, 9.17) is 14.7 Å². The first kappa shape index (κ1) is 20.9. The zero-order valence-electron chi connectivity index (χ0n) is 18.5. The maximum Gasteiger partial charge on any atom is 0.272 e. The van der Waals surface area contributed by atoms with Gasteiger partial charge in [-0.25, -0.2) is 4.98 Å². The van der Waals surface area contributed by atoms with E-state index in [1.54, 1.807) is 6.08 Å². The molecule has 4 aliphatic rings. The van der Waals surface area contributed by atoms with E-state index in [0.29, 0.717) is 17.3 Å². The third-order valence-corrected chi connectivity index (χ3v) is 6.56. The standard InChI is InChI=1S/C24H22N6O3/c1-13-7-15(5-4-6-25)8-14(2)18(13)33-21-16-17(19(31)28-20(16)32-3)27-22(29-21)30-24-9-23(10-24,11-24)12-26/h4-5,7-8,20H,9-11H2,1-3H3,(H,28,31)(H,27,29,30)/b5-4+. The summed E-state index contributed by atoms with van der Waals surface area (Å²) in [6.45, 7) is 3.82. The van der Waals surface area contributed by atoms with Gasteiger partial charge in [0, 0.05) is 18.7 Å². The molecule has 1 aliphatic heterocycles. The molecule has 2 aromatic rings. The van der Waals surface area contributed by atoms with Crippen molar-refractivity contribution >= 4 is 17.9 Å². The van der Waals surface area contributed by atoms with E-state index < -0.39 is 6.23 Å². The van der Waals surface area contributed by atoms with E-state index in [-0.39, 0.29) is 28.4 Å². The Balaban J connectivity index is 1.52. The van der Waals surface area contributed by atoms with Crippen LogP contribution >= 0.6 is 0 Å². The SMILES string of the molecule is COC1NC(=O)c2nc(NC34CC(C#N)(C3)C4)nc(Oc3c(C)cc(/C=C/C#N)cc3C)c21. The van der Waals surface area contributed by atoms with Crippen molar-refractivity contribution in [2.45, 2.75) is 44.9 Å². The third-order valence-electron chi connectivity index (χ3n) is 6.56. The summed E-state index contributed by atoms with van der Waals surface area (Å²) >= 11 is 0. The second-order valence-electron chi connectivity index (χ2n) is 9.08. The van der Waals surface area contributed by atoms with Crippen LogP contribution < -0.4 is 15.4 Å². The highest BCUT2D eigenvalue weighted by atomic mass is 16.5. The van der Waals surface area contributed by atoms with Gasteiger partial charge in [0.05, 0.1) is 23.1 Å². The van der Waals surface area contributed by atoms with Gasteiger partial charge in [0.1, 0.15) is 11.4 Å². The van der Waals surface area contributed by atoms with Crippen LogP contribution in [0.5, 0.6) is 11.6 Å². The van der Waals surface area contributed by atoms with E-state index in [0.717, 1.165) is 36.0 Å². The first-order valence-corrected chi connectivity index (χ1v) is 10.6. The number of carbonyl (C=O) groups is 1. The van der Waals surface area contributed by atoms with Crippen LogP contribution in [0.3, 0.4) is 0 Å². The monoisotopic (exact) mass is 442 g/mol. The van der Waals surface area contributed by atoms with Crippen molar-refractivity contribution in [1.82, 2.24) is 15.3 Å². The van der Waals surface area contributed by atoms with Crippen molar-refractivity contribution in [3.63, 3.8) is 0 Å². The van der Waals surface area contributed by atoms with E-state index in [1.165, 1.54) is 13.2 Å². The Hall–Kier alpha value is -3.95. The molecule has 6 rings (SSSR count). The van der Waals surface area contributed by atoms with Gasteiger partial charge in [0.25, 0.3) is 5.91 Å². The lowest BCUT2D eigenvalue weighted by Crippen LogP contribution is -2.70. The number of methoxy groups -OCH3 is 1. The Morgan fingerprint density at radius 2 is 1.91 bits per heavy atom. The number of fused-ring (bicyclic) bond motifs is 1. The number of allylic oxidation sites excluding steroid dienone is 1. The van der Waals surface area contributed by atoms with Crippen LogP contribution in [0, 0.1) is 41.9 Å². The molecule has 3 aliphatic carbocycles. The van der Waals surface area contributed by atoms with E-state index >= 15 is 0 Å². The minimum absolute atomic E-state index is 0.197. The summed E-state index contributed by atoms with van der Waals surface area (Å²) in [4.78, 5) is 21.6. The average molecular weight is 442 g/mol. The number of hydrogen-bond acceptors (Lipinski definition) is 8. The Morgan fingerprint density at radius 1 is 1.21 bits per heavy atom. The molecule has 33 heavy (non-hydrogen) atoms. The van der Waals surface area contributed by atoms with Gasteiger partial charge in [-0.2, -0.15) is 15.5 Å². The molecule has 2 N–H and O–H groups in total. The van der Waals surface area contributed by atoms with E-state index in [1.807, 2.05) is 32.0 Å². The van der Waals surface area contributed by atoms with Crippen LogP contribution in [0.15, 0.2) is 18.2 Å².